The molecular formula is C20H23F3N4. The fourth-order valence-corrected chi connectivity index (χ4v) is 3.61. The van der Waals surface area contributed by atoms with Crippen molar-refractivity contribution in [1.29, 1.82) is 0 Å². The predicted octanol–water partition coefficient (Wildman–Crippen LogP) is 4.45. The Morgan fingerprint density at radius 3 is 2.48 bits per heavy atom. The molecular weight excluding hydrogens is 353 g/mol. The molecule has 1 aromatic carbocycles. The molecule has 7 heteroatoms. The molecule has 0 bridgehead atoms. The number of anilines is 1. The van der Waals surface area contributed by atoms with Gasteiger partial charge in [-0.15, -0.1) is 0 Å². The lowest BCUT2D eigenvalue weighted by Crippen LogP contribution is -2.39. The summed E-state index contributed by atoms with van der Waals surface area (Å²) in [4.78, 5) is 11.0. The molecule has 2 aliphatic rings. The van der Waals surface area contributed by atoms with Crippen molar-refractivity contribution in [3.8, 4) is 0 Å². The monoisotopic (exact) mass is 376 g/mol. The van der Waals surface area contributed by atoms with E-state index in [0.717, 1.165) is 43.6 Å². The molecule has 1 saturated carbocycles. The maximum atomic E-state index is 13.2. The first-order valence-corrected chi connectivity index (χ1v) is 9.46. The molecule has 144 valence electrons. The van der Waals surface area contributed by atoms with E-state index < -0.39 is 11.7 Å². The molecule has 2 aromatic rings. The highest BCUT2D eigenvalue weighted by Gasteiger charge is 2.33. The maximum absolute atomic E-state index is 13.2. The second kappa shape index (κ2) is 7.46. The zero-order chi connectivity index (χ0) is 18.9. The summed E-state index contributed by atoms with van der Waals surface area (Å²) < 4.78 is 39.5. The summed E-state index contributed by atoms with van der Waals surface area (Å²) in [5, 5.41) is 3.47. The van der Waals surface area contributed by atoms with E-state index >= 15 is 0 Å². The Morgan fingerprint density at radius 2 is 1.78 bits per heavy atom. The number of nitrogens with one attached hydrogen (secondary N) is 1. The van der Waals surface area contributed by atoms with Crippen molar-refractivity contribution < 1.29 is 13.2 Å². The highest BCUT2D eigenvalue weighted by molar-refractivity contribution is 5.35. The summed E-state index contributed by atoms with van der Waals surface area (Å²) in [6.07, 6.45) is 1.60. The number of aromatic nitrogens is 2. The first-order chi connectivity index (χ1) is 13.0. The molecule has 1 aromatic heterocycles. The average Bonchev–Trinajstić information content (AvgIpc) is 3.48. The van der Waals surface area contributed by atoms with Crippen LogP contribution in [0.3, 0.4) is 0 Å². The summed E-state index contributed by atoms with van der Waals surface area (Å²) in [5.74, 6) is 2.29. The molecule has 0 atom stereocenters. The number of benzene rings is 1. The summed E-state index contributed by atoms with van der Waals surface area (Å²) in [5.41, 5.74) is -0.180. The first kappa shape index (κ1) is 18.2. The lowest BCUT2D eigenvalue weighted by Gasteiger charge is -2.33. The van der Waals surface area contributed by atoms with Gasteiger partial charge in [-0.3, -0.25) is 4.90 Å². The van der Waals surface area contributed by atoms with Crippen LogP contribution in [-0.2, 0) is 12.7 Å². The third-order valence-electron chi connectivity index (χ3n) is 5.27. The lowest BCUT2D eigenvalue weighted by molar-refractivity contribution is -0.138. The van der Waals surface area contributed by atoms with Crippen LogP contribution in [0.1, 0.15) is 48.6 Å². The minimum absolute atomic E-state index is 0.293. The van der Waals surface area contributed by atoms with Crippen molar-refractivity contribution in [1.82, 2.24) is 14.9 Å². The van der Waals surface area contributed by atoms with Crippen LogP contribution in [-0.4, -0.2) is 34.0 Å². The number of nitrogens with zero attached hydrogens (tertiary/aromatic N) is 3. The summed E-state index contributed by atoms with van der Waals surface area (Å²) in [6, 6.07) is 8.04. The van der Waals surface area contributed by atoms with Gasteiger partial charge in [0.15, 0.2) is 0 Å². The van der Waals surface area contributed by atoms with Crippen LogP contribution in [0.2, 0.25) is 0 Å². The number of piperidine rings is 1. The van der Waals surface area contributed by atoms with Crippen molar-refractivity contribution >= 4 is 5.82 Å². The van der Waals surface area contributed by atoms with Gasteiger partial charge in [0.1, 0.15) is 11.6 Å². The van der Waals surface area contributed by atoms with Crippen molar-refractivity contribution in [3.63, 3.8) is 0 Å². The Morgan fingerprint density at radius 1 is 1.04 bits per heavy atom. The van der Waals surface area contributed by atoms with Gasteiger partial charge >= 0.3 is 6.18 Å². The van der Waals surface area contributed by atoms with Gasteiger partial charge < -0.3 is 5.32 Å². The van der Waals surface area contributed by atoms with Crippen LogP contribution in [0.5, 0.6) is 0 Å². The predicted molar refractivity (Wildman–Crippen MR) is 97.4 cm³/mol. The summed E-state index contributed by atoms with van der Waals surface area (Å²) in [7, 11) is 0. The fraction of sp³-hybridized carbons (Fsp3) is 0.500. The zero-order valence-electron chi connectivity index (χ0n) is 15.0. The Labute approximate surface area is 156 Å². The molecule has 0 spiro atoms. The molecule has 1 N–H and O–H groups in total. The quantitative estimate of drug-likeness (QED) is 0.837. The zero-order valence-corrected chi connectivity index (χ0v) is 15.0. The van der Waals surface area contributed by atoms with Gasteiger partial charge in [-0.05, 0) is 43.4 Å². The molecule has 0 amide bonds. The van der Waals surface area contributed by atoms with Gasteiger partial charge in [-0.25, -0.2) is 9.97 Å². The summed E-state index contributed by atoms with van der Waals surface area (Å²) >= 11 is 0. The molecule has 2 fully saturated rings. The average molecular weight is 376 g/mol. The van der Waals surface area contributed by atoms with Gasteiger partial charge in [-0.2, -0.15) is 13.2 Å². The molecule has 1 aliphatic carbocycles. The number of hydrogen-bond acceptors (Lipinski definition) is 4. The molecule has 27 heavy (non-hydrogen) atoms. The molecule has 0 unspecified atom stereocenters. The third kappa shape index (κ3) is 4.58. The Balaban J connectivity index is 1.32. The van der Waals surface area contributed by atoms with Crippen molar-refractivity contribution in [2.45, 2.75) is 50.4 Å². The first-order valence-electron chi connectivity index (χ1n) is 9.46. The van der Waals surface area contributed by atoms with Crippen LogP contribution in [0.15, 0.2) is 36.5 Å². The van der Waals surface area contributed by atoms with Gasteiger partial charge in [0.25, 0.3) is 0 Å². The van der Waals surface area contributed by atoms with Gasteiger partial charge in [-0.1, -0.05) is 18.2 Å². The van der Waals surface area contributed by atoms with E-state index in [9.17, 15) is 13.2 Å². The lowest BCUT2D eigenvalue weighted by atomic mass is 10.0. The topological polar surface area (TPSA) is 41.0 Å². The largest absolute Gasteiger partial charge is 0.416 e. The third-order valence-corrected chi connectivity index (χ3v) is 5.27. The Bertz CT molecular complexity index is 781. The number of halogens is 3. The molecule has 1 saturated heterocycles. The van der Waals surface area contributed by atoms with Crippen LogP contribution in [0.25, 0.3) is 0 Å². The molecule has 2 heterocycles. The van der Waals surface area contributed by atoms with Gasteiger partial charge in [0.05, 0.1) is 5.56 Å². The van der Waals surface area contributed by atoms with Gasteiger partial charge in [0, 0.05) is 37.8 Å². The Hall–Kier alpha value is -2.15. The van der Waals surface area contributed by atoms with Gasteiger partial charge in [0.2, 0.25) is 0 Å². The number of rotatable bonds is 5. The van der Waals surface area contributed by atoms with E-state index in [1.54, 1.807) is 18.3 Å². The highest BCUT2D eigenvalue weighted by atomic mass is 19.4. The maximum Gasteiger partial charge on any atom is 0.416 e. The van der Waals surface area contributed by atoms with E-state index in [-0.39, 0.29) is 0 Å². The van der Waals surface area contributed by atoms with Crippen molar-refractivity contribution in [2.75, 3.05) is 18.4 Å². The highest BCUT2D eigenvalue weighted by Crippen LogP contribution is 2.38. The van der Waals surface area contributed by atoms with E-state index in [2.05, 4.69) is 20.2 Å². The van der Waals surface area contributed by atoms with E-state index in [1.165, 1.54) is 18.9 Å². The SMILES string of the molecule is FC(F)(F)c1ccccc1CN1CCC(Nc2ccnc(C3CC3)n2)CC1. The summed E-state index contributed by atoms with van der Waals surface area (Å²) in [6.45, 7) is 1.87. The minimum atomic E-state index is -4.30. The fourth-order valence-electron chi connectivity index (χ4n) is 3.61. The normalized spacial score (nSPS) is 19.2. The molecule has 4 rings (SSSR count). The van der Waals surface area contributed by atoms with Crippen molar-refractivity contribution in [2.24, 2.45) is 0 Å². The van der Waals surface area contributed by atoms with E-state index in [4.69, 9.17) is 0 Å². The van der Waals surface area contributed by atoms with Crippen LogP contribution < -0.4 is 5.32 Å². The van der Waals surface area contributed by atoms with E-state index in [1.807, 2.05) is 6.07 Å². The van der Waals surface area contributed by atoms with Crippen LogP contribution >= 0.6 is 0 Å². The van der Waals surface area contributed by atoms with Crippen LogP contribution in [0.4, 0.5) is 19.0 Å². The number of hydrogen-bond donors (Lipinski definition) is 1. The molecule has 0 radical (unpaired) electrons. The smallest absolute Gasteiger partial charge is 0.367 e. The second-order valence-electron chi connectivity index (χ2n) is 7.42. The van der Waals surface area contributed by atoms with E-state index in [0.29, 0.717) is 24.1 Å². The standard InChI is InChI=1S/C20H23F3N4/c21-20(22,23)17-4-2-1-3-15(17)13-27-11-8-16(9-12-27)25-18-7-10-24-19(26-18)14-5-6-14/h1-4,7,10,14,16H,5-6,8-9,11-13H2,(H,24,25,26). The number of alkyl halides is 3. The molecule has 4 nitrogen and oxygen atoms in total. The second-order valence-corrected chi connectivity index (χ2v) is 7.42. The Kier molecular flexibility index (Phi) is 5.04. The minimum Gasteiger partial charge on any atom is -0.367 e. The van der Waals surface area contributed by atoms with Crippen molar-refractivity contribution in [3.05, 3.63) is 53.5 Å². The number of likely N-dealkylation sites (tertiary alicyclic amines) is 1. The van der Waals surface area contributed by atoms with Crippen LogP contribution in [0, 0.1) is 0 Å². The molecule has 1 aliphatic heterocycles.